The molecule has 1 amide bonds. The summed E-state index contributed by atoms with van der Waals surface area (Å²) in [4.78, 5) is 14.0. The summed E-state index contributed by atoms with van der Waals surface area (Å²) in [7, 11) is 1.75. The van der Waals surface area contributed by atoms with Gasteiger partial charge >= 0.3 is 0 Å². The molecule has 0 unspecified atom stereocenters. The third-order valence-electron chi connectivity index (χ3n) is 3.35. The molecule has 0 N–H and O–H groups in total. The molecule has 0 saturated heterocycles. The molecule has 6 nitrogen and oxygen atoms in total. The zero-order chi connectivity index (χ0) is 16.9. The highest BCUT2D eigenvalue weighted by Crippen LogP contribution is 2.21. The Bertz CT molecular complexity index is 822. The molecule has 8 heteroatoms. The summed E-state index contributed by atoms with van der Waals surface area (Å²) in [6.45, 7) is 0. The molecule has 0 atom stereocenters. The normalized spacial score (nSPS) is 10.6. The van der Waals surface area contributed by atoms with Crippen LogP contribution in [0.3, 0.4) is 0 Å². The first kappa shape index (κ1) is 16.5. The smallest absolute Gasteiger partial charge is 0.237 e. The fourth-order valence-corrected chi connectivity index (χ4v) is 2.96. The molecule has 0 saturated carbocycles. The molecule has 0 fully saturated rings. The lowest BCUT2D eigenvalue weighted by atomic mass is 10.3. The summed E-state index contributed by atoms with van der Waals surface area (Å²) in [6.07, 6.45) is 0. The van der Waals surface area contributed by atoms with Gasteiger partial charge in [0.15, 0.2) is 0 Å². The van der Waals surface area contributed by atoms with Crippen molar-refractivity contribution in [2.45, 2.75) is 5.16 Å². The van der Waals surface area contributed by atoms with Crippen LogP contribution in [0, 0.1) is 0 Å². The van der Waals surface area contributed by atoms with E-state index in [0.717, 1.165) is 11.4 Å². The van der Waals surface area contributed by atoms with Crippen LogP contribution in [0.4, 0.5) is 5.69 Å². The quantitative estimate of drug-likeness (QED) is 0.655. The first-order valence-corrected chi connectivity index (χ1v) is 8.50. The van der Waals surface area contributed by atoms with Gasteiger partial charge in [-0.05, 0) is 46.8 Å². The van der Waals surface area contributed by atoms with Gasteiger partial charge in [0, 0.05) is 17.8 Å². The van der Waals surface area contributed by atoms with Crippen LogP contribution in [0.1, 0.15) is 0 Å². The Kier molecular flexibility index (Phi) is 5.12. The molecule has 3 rings (SSSR count). The van der Waals surface area contributed by atoms with Crippen LogP contribution in [0.25, 0.3) is 5.69 Å². The van der Waals surface area contributed by atoms with Crippen LogP contribution in [0.15, 0.2) is 59.8 Å². The maximum absolute atomic E-state index is 12.3. The van der Waals surface area contributed by atoms with E-state index < -0.39 is 0 Å². The predicted molar refractivity (Wildman–Crippen MR) is 94.7 cm³/mol. The number of rotatable bonds is 5. The Morgan fingerprint density at radius 1 is 1.17 bits per heavy atom. The minimum absolute atomic E-state index is 0.0307. The first-order valence-electron chi connectivity index (χ1n) is 7.14. The molecule has 24 heavy (non-hydrogen) atoms. The lowest BCUT2D eigenvalue weighted by Gasteiger charge is -2.16. The molecule has 0 bridgehead atoms. The van der Waals surface area contributed by atoms with Crippen LogP contribution in [0.2, 0.25) is 5.02 Å². The lowest BCUT2D eigenvalue weighted by molar-refractivity contribution is -0.115. The molecule has 0 aliphatic heterocycles. The zero-order valence-corrected chi connectivity index (χ0v) is 14.4. The number of carbonyl (C=O) groups is 1. The third kappa shape index (κ3) is 3.74. The summed E-state index contributed by atoms with van der Waals surface area (Å²) in [5.74, 6) is 0.205. The van der Waals surface area contributed by atoms with Crippen molar-refractivity contribution in [3.8, 4) is 5.69 Å². The van der Waals surface area contributed by atoms with Crippen molar-refractivity contribution in [1.82, 2.24) is 20.2 Å². The van der Waals surface area contributed by atoms with E-state index in [9.17, 15) is 4.79 Å². The Morgan fingerprint density at radius 2 is 1.88 bits per heavy atom. The van der Waals surface area contributed by atoms with Gasteiger partial charge in [-0.1, -0.05) is 41.6 Å². The second kappa shape index (κ2) is 7.46. The maximum Gasteiger partial charge on any atom is 0.237 e. The van der Waals surface area contributed by atoms with Crippen molar-refractivity contribution in [3.63, 3.8) is 0 Å². The molecule has 3 aromatic rings. The number of hydrogen-bond acceptors (Lipinski definition) is 5. The van der Waals surface area contributed by atoms with Crippen LogP contribution in [0.5, 0.6) is 0 Å². The van der Waals surface area contributed by atoms with Gasteiger partial charge in [-0.3, -0.25) is 4.79 Å². The number of aromatic nitrogens is 4. The number of anilines is 1. The van der Waals surface area contributed by atoms with Crippen LogP contribution >= 0.6 is 23.4 Å². The van der Waals surface area contributed by atoms with E-state index in [1.165, 1.54) is 11.8 Å². The van der Waals surface area contributed by atoms with Crippen molar-refractivity contribution >= 4 is 35.0 Å². The molecular formula is C16H14ClN5OS. The monoisotopic (exact) mass is 359 g/mol. The van der Waals surface area contributed by atoms with E-state index in [4.69, 9.17) is 11.6 Å². The van der Waals surface area contributed by atoms with E-state index in [1.807, 2.05) is 42.5 Å². The van der Waals surface area contributed by atoms with Gasteiger partial charge in [-0.15, -0.1) is 5.10 Å². The SMILES string of the molecule is CN(C(=O)CSc1nnnn1-c1ccc(Cl)cc1)c1ccccc1. The molecule has 0 radical (unpaired) electrons. The minimum atomic E-state index is -0.0307. The second-order valence-corrected chi connectivity index (χ2v) is 6.31. The summed E-state index contributed by atoms with van der Waals surface area (Å²) in [5.41, 5.74) is 1.64. The van der Waals surface area contributed by atoms with Gasteiger partial charge < -0.3 is 4.90 Å². The van der Waals surface area contributed by atoms with E-state index in [-0.39, 0.29) is 11.7 Å². The molecule has 0 spiro atoms. The van der Waals surface area contributed by atoms with Crippen molar-refractivity contribution in [3.05, 3.63) is 59.6 Å². The predicted octanol–water partition coefficient (Wildman–Crippen LogP) is 3.07. The highest BCUT2D eigenvalue weighted by atomic mass is 35.5. The maximum atomic E-state index is 12.3. The average molecular weight is 360 g/mol. The average Bonchev–Trinajstić information content (AvgIpc) is 3.09. The van der Waals surface area contributed by atoms with E-state index in [1.54, 1.807) is 28.8 Å². The highest BCUT2D eigenvalue weighted by molar-refractivity contribution is 7.99. The van der Waals surface area contributed by atoms with E-state index >= 15 is 0 Å². The number of nitrogens with zero attached hydrogens (tertiary/aromatic N) is 5. The van der Waals surface area contributed by atoms with Gasteiger partial charge in [0.2, 0.25) is 11.1 Å². The molecule has 1 aromatic heterocycles. The third-order valence-corrected chi connectivity index (χ3v) is 4.51. The minimum Gasteiger partial charge on any atom is -0.315 e. The van der Waals surface area contributed by atoms with E-state index in [0.29, 0.717) is 10.2 Å². The van der Waals surface area contributed by atoms with Gasteiger partial charge in [0.05, 0.1) is 11.4 Å². The Hall–Kier alpha value is -2.38. The summed E-state index contributed by atoms with van der Waals surface area (Å²) in [6, 6.07) is 16.7. The molecular weight excluding hydrogens is 346 g/mol. The largest absolute Gasteiger partial charge is 0.315 e. The number of benzene rings is 2. The first-order chi connectivity index (χ1) is 11.6. The van der Waals surface area contributed by atoms with Crippen LogP contribution in [-0.4, -0.2) is 38.9 Å². The highest BCUT2D eigenvalue weighted by Gasteiger charge is 2.15. The molecule has 0 aliphatic rings. The lowest BCUT2D eigenvalue weighted by Crippen LogP contribution is -2.27. The number of thioether (sulfide) groups is 1. The molecule has 1 heterocycles. The second-order valence-electron chi connectivity index (χ2n) is 4.93. The van der Waals surface area contributed by atoms with Crippen LogP contribution in [-0.2, 0) is 4.79 Å². The fourth-order valence-electron chi connectivity index (χ4n) is 2.03. The van der Waals surface area contributed by atoms with E-state index in [2.05, 4.69) is 15.5 Å². The van der Waals surface area contributed by atoms with Crippen molar-refractivity contribution in [2.75, 3.05) is 17.7 Å². The molecule has 2 aromatic carbocycles. The van der Waals surface area contributed by atoms with Gasteiger partial charge in [0.1, 0.15) is 0 Å². The number of para-hydroxylation sites is 1. The summed E-state index contributed by atoms with van der Waals surface area (Å²) in [5, 5.41) is 12.8. The Labute approximate surface area is 148 Å². The van der Waals surface area contributed by atoms with Gasteiger partial charge in [0.25, 0.3) is 0 Å². The number of amides is 1. The Morgan fingerprint density at radius 3 is 2.58 bits per heavy atom. The number of halogens is 1. The number of carbonyl (C=O) groups excluding carboxylic acids is 1. The molecule has 0 aliphatic carbocycles. The molecule has 122 valence electrons. The van der Waals surface area contributed by atoms with Crippen LogP contribution < -0.4 is 4.90 Å². The van der Waals surface area contributed by atoms with Crippen molar-refractivity contribution < 1.29 is 4.79 Å². The topological polar surface area (TPSA) is 63.9 Å². The zero-order valence-electron chi connectivity index (χ0n) is 12.8. The standard InChI is InChI=1S/C16H14ClN5OS/c1-21(13-5-3-2-4-6-13)15(23)11-24-16-18-19-20-22(16)14-9-7-12(17)8-10-14/h2-10H,11H2,1H3. The summed E-state index contributed by atoms with van der Waals surface area (Å²) >= 11 is 7.18. The van der Waals surface area contributed by atoms with Gasteiger partial charge in [-0.25, -0.2) is 0 Å². The van der Waals surface area contributed by atoms with Crippen molar-refractivity contribution in [2.24, 2.45) is 0 Å². The summed E-state index contributed by atoms with van der Waals surface area (Å²) < 4.78 is 1.58. The van der Waals surface area contributed by atoms with Crippen molar-refractivity contribution in [1.29, 1.82) is 0 Å². The number of hydrogen-bond donors (Lipinski definition) is 0. The van der Waals surface area contributed by atoms with Gasteiger partial charge in [-0.2, -0.15) is 4.68 Å². The number of tetrazole rings is 1. The Balaban J connectivity index is 1.68. The fraction of sp³-hybridized carbons (Fsp3) is 0.125.